The smallest absolute Gasteiger partial charge is 0.0519 e. The zero-order valence-electron chi connectivity index (χ0n) is 3.98. The minimum atomic E-state index is 0.769. The molecule has 1 fully saturated rings. The summed E-state index contributed by atoms with van der Waals surface area (Å²) in [7, 11) is 0. The predicted molar refractivity (Wildman–Crippen MR) is 24.3 cm³/mol. The standard InChI is InChI=1S/C5H9O/c1-2-5-3-6-4-5/h2,5H,3-4H2,1H3. The van der Waals surface area contributed by atoms with Crippen molar-refractivity contribution in [2.45, 2.75) is 6.92 Å². The van der Waals surface area contributed by atoms with Gasteiger partial charge in [0.2, 0.25) is 0 Å². The van der Waals surface area contributed by atoms with Crippen LogP contribution in [-0.2, 0) is 4.74 Å². The minimum Gasteiger partial charge on any atom is -0.381 e. The third kappa shape index (κ3) is 0.548. The zero-order chi connectivity index (χ0) is 4.41. The highest BCUT2D eigenvalue weighted by Crippen LogP contribution is 2.11. The van der Waals surface area contributed by atoms with E-state index in [2.05, 4.69) is 13.3 Å². The van der Waals surface area contributed by atoms with E-state index in [1.54, 1.807) is 0 Å². The number of ether oxygens (including phenoxy) is 1. The van der Waals surface area contributed by atoms with Gasteiger partial charge in [0.25, 0.3) is 0 Å². The largest absolute Gasteiger partial charge is 0.381 e. The Labute approximate surface area is 38.3 Å². The second kappa shape index (κ2) is 1.61. The molecule has 6 heavy (non-hydrogen) atoms. The molecule has 0 aliphatic carbocycles. The quantitative estimate of drug-likeness (QED) is 0.459. The van der Waals surface area contributed by atoms with Gasteiger partial charge in [-0.15, -0.1) is 0 Å². The monoisotopic (exact) mass is 85.1 g/mol. The van der Waals surface area contributed by atoms with E-state index in [1.165, 1.54) is 0 Å². The summed E-state index contributed by atoms with van der Waals surface area (Å²) >= 11 is 0. The molecule has 0 aromatic rings. The van der Waals surface area contributed by atoms with Gasteiger partial charge in [-0.3, -0.25) is 0 Å². The van der Waals surface area contributed by atoms with E-state index in [0.29, 0.717) is 0 Å². The van der Waals surface area contributed by atoms with Crippen LogP contribution in [0, 0.1) is 12.3 Å². The van der Waals surface area contributed by atoms with Gasteiger partial charge in [0.1, 0.15) is 0 Å². The lowest BCUT2D eigenvalue weighted by Crippen LogP contribution is -2.26. The highest BCUT2D eigenvalue weighted by atomic mass is 16.5. The lowest BCUT2D eigenvalue weighted by molar-refractivity contribution is -0.0151. The molecule has 35 valence electrons. The van der Waals surface area contributed by atoms with Crippen molar-refractivity contribution in [1.29, 1.82) is 0 Å². The van der Waals surface area contributed by atoms with Gasteiger partial charge in [-0.1, -0.05) is 6.92 Å². The molecule has 0 amide bonds. The van der Waals surface area contributed by atoms with Gasteiger partial charge in [-0.25, -0.2) is 0 Å². The van der Waals surface area contributed by atoms with Gasteiger partial charge >= 0.3 is 0 Å². The van der Waals surface area contributed by atoms with E-state index in [-0.39, 0.29) is 0 Å². The van der Waals surface area contributed by atoms with Crippen molar-refractivity contribution in [3.05, 3.63) is 6.42 Å². The lowest BCUT2D eigenvalue weighted by Gasteiger charge is -2.23. The van der Waals surface area contributed by atoms with Gasteiger partial charge < -0.3 is 4.74 Å². The fraction of sp³-hybridized carbons (Fsp3) is 0.800. The molecule has 1 nitrogen and oxygen atoms in total. The van der Waals surface area contributed by atoms with Crippen LogP contribution in [0.5, 0.6) is 0 Å². The Morgan fingerprint density at radius 1 is 1.67 bits per heavy atom. The molecule has 0 atom stereocenters. The van der Waals surface area contributed by atoms with E-state index in [1.807, 2.05) is 0 Å². The van der Waals surface area contributed by atoms with Crippen molar-refractivity contribution in [3.63, 3.8) is 0 Å². The molecule has 0 spiro atoms. The Balaban J connectivity index is 2.01. The van der Waals surface area contributed by atoms with Crippen LogP contribution in [-0.4, -0.2) is 13.2 Å². The molecular weight excluding hydrogens is 76.1 g/mol. The van der Waals surface area contributed by atoms with Gasteiger partial charge in [-0.05, 0) is 6.42 Å². The van der Waals surface area contributed by atoms with Crippen LogP contribution < -0.4 is 0 Å². The first-order valence-corrected chi connectivity index (χ1v) is 2.30. The lowest BCUT2D eigenvalue weighted by atomic mass is 10.1. The molecule has 0 aromatic carbocycles. The number of hydrogen-bond acceptors (Lipinski definition) is 1. The van der Waals surface area contributed by atoms with Crippen LogP contribution >= 0.6 is 0 Å². The third-order valence-electron chi connectivity index (χ3n) is 1.14. The van der Waals surface area contributed by atoms with Crippen molar-refractivity contribution >= 4 is 0 Å². The molecule has 1 heterocycles. The van der Waals surface area contributed by atoms with Gasteiger partial charge in [-0.2, -0.15) is 0 Å². The SMILES string of the molecule is C[CH]C1COC1. The summed E-state index contributed by atoms with van der Waals surface area (Å²) in [6.07, 6.45) is 2.18. The van der Waals surface area contributed by atoms with E-state index >= 15 is 0 Å². The molecular formula is C5H9O. The maximum absolute atomic E-state index is 4.89. The van der Waals surface area contributed by atoms with Gasteiger partial charge in [0.15, 0.2) is 0 Å². The average molecular weight is 85.1 g/mol. The summed E-state index contributed by atoms with van der Waals surface area (Å²) in [6.45, 7) is 3.99. The van der Waals surface area contributed by atoms with Gasteiger partial charge in [0, 0.05) is 5.92 Å². The van der Waals surface area contributed by atoms with Crippen molar-refractivity contribution in [3.8, 4) is 0 Å². The molecule has 1 aliphatic rings. The summed E-state index contributed by atoms with van der Waals surface area (Å²) in [5.41, 5.74) is 0. The highest BCUT2D eigenvalue weighted by Gasteiger charge is 2.14. The fourth-order valence-corrected chi connectivity index (χ4v) is 0.446. The molecule has 1 rings (SSSR count). The van der Waals surface area contributed by atoms with Crippen LogP contribution in [0.4, 0.5) is 0 Å². The van der Waals surface area contributed by atoms with E-state index in [9.17, 15) is 0 Å². The van der Waals surface area contributed by atoms with Gasteiger partial charge in [0.05, 0.1) is 13.2 Å². The Kier molecular flexibility index (Phi) is 1.10. The number of hydrogen-bond donors (Lipinski definition) is 0. The predicted octanol–water partition coefficient (Wildman–Crippen LogP) is 0.857. The van der Waals surface area contributed by atoms with Crippen molar-refractivity contribution < 1.29 is 4.74 Å². The van der Waals surface area contributed by atoms with Crippen molar-refractivity contribution in [2.24, 2.45) is 5.92 Å². The molecule has 0 N–H and O–H groups in total. The van der Waals surface area contributed by atoms with E-state index in [4.69, 9.17) is 4.74 Å². The Hall–Kier alpha value is -0.0400. The highest BCUT2D eigenvalue weighted by molar-refractivity contribution is 4.75. The third-order valence-corrected chi connectivity index (χ3v) is 1.14. The van der Waals surface area contributed by atoms with E-state index in [0.717, 1.165) is 19.1 Å². The van der Waals surface area contributed by atoms with Crippen LogP contribution in [0.3, 0.4) is 0 Å². The maximum Gasteiger partial charge on any atom is 0.0519 e. The first kappa shape index (κ1) is 4.13. The normalized spacial score (nSPS) is 23.5. The Bertz CT molecular complexity index is 36.4. The topological polar surface area (TPSA) is 9.23 Å². The zero-order valence-corrected chi connectivity index (χ0v) is 3.98. The van der Waals surface area contributed by atoms with Crippen LogP contribution in [0.25, 0.3) is 0 Å². The summed E-state index contributed by atoms with van der Waals surface area (Å²) in [5.74, 6) is 0.769. The molecule has 0 bridgehead atoms. The molecule has 1 aliphatic heterocycles. The van der Waals surface area contributed by atoms with Crippen LogP contribution in [0.2, 0.25) is 0 Å². The fourth-order valence-electron chi connectivity index (χ4n) is 0.446. The van der Waals surface area contributed by atoms with Crippen molar-refractivity contribution in [2.75, 3.05) is 13.2 Å². The van der Waals surface area contributed by atoms with Crippen LogP contribution in [0.1, 0.15) is 6.92 Å². The summed E-state index contributed by atoms with van der Waals surface area (Å²) in [6, 6.07) is 0. The summed E-state index contributed by atoms with van der Waals surface area (Å²) in [5, 5.41) is 0. The first-order chi connectivity index (χ1) is 2.93. The number of rotatable bonds is 1. The molecule has 1 saturated heterocycles. The Morgan fingerprint density at radius 2 is 2.33 bits per heavy atom. The second-order valence-corrected chi connectivity index (χ2v) is 1.63. The second-order valence-electron chi connectivity index (χ2n) is 1.63. The summed E-state index contributed by atoms with van der Waals surface area (Å²) < 4.78 is 4.89. The molecule has 1 heteroatoms. The Morgan fingerprint density at radius 3 is 2.33 bits per heavy atom. The maximum atomic E-state index is 4.89. The average Bonchev–Trinajstić information content (AvgIpc) is 1.31. The van der Waals surface area contributed by atoms with Crippen molar-refractivity contribution in [1.82, 2.24) is 0 Å². The minimum absolute atomic E-state index is 0.769. The summed E-state index contributed by atoms with van der Waals surface area (Å²) in [4.78, 5) is 0. The van der Waals surface area contributed by atoms with E-state index < -0.39 is 0 Å². The molecule has 1 radical (unpaired) electrons. The molecule has 0 aromatic heterocycles. The first-order valence-electron chi connectivity index (χ1n) is 2.30. The molecule has 0 unspecified atom stereocenters. The molecule has 0 saturated carbocycles. The van der Waals surface area contributed by atoms with Crippen LogP contribution in [0.15, 0.2) is 0 Å².